The maximum absolute atomic E-state index is 12.7. The molecule has 2 amide bonds. The van der Waals surface area contributed by atoms with E-state index < -0.39 is 11.9 Å². The zero-order chi connectivity index (χ0) is 19.7. The lowest BCUT2D eigenvalue weighted by molar-refractivity contribution is 0.0701. The van der Waals surface area contributed by atoms with Crippen molar-refractivity contribution < 1.29 is 19.5 Å². The Kier molecular flexibility index (Phi) is 4.38. The number of aromatic nitrogens is 3. The Morgan fingerprint density at radius 2 is 1.86 bits per heavy atom. The number of fused-ring (bicyclic) bond motifs is 1. The fourth-order valence-corrected chi connectivity index (χ4v) is 3.48. The van der Waals surface area contributed by atoms with Crippen molar-refractivity contribution in [2.24, 2.45) is 0 Å². The van der Waals surface area contributed by atoms with Crippen molar-refractivity contribution >= 4 is 50.8 Å². The molecule has 3 aromatic heterocycles. The minimum atomic E-state index is -1.05. The second-order valence-electron chi connectivity index (χ2n) is 5.77. The summed E-state index contributed by atoms with van der Waals surface area (Å²) in [7, 11) is 0. The normalized spacial score (nSPS) is 10.7. The summed E-state index contributed by atoms with van der Waals surface area (Å²) in [6, 6.07) is 11.3. The maximum atomic E-state index is 12.7. The third kappa shape index (κ3) is 3.23. The number of nitrogens with one attached hydrogen (secondary N) is 4. The molecule has 0 fully saturated rings. The van der Waals surface area contributed by atoms with E-state index in [2.05, 4.69) is 25.8 Å². The number of carbonyl (C=O) groups is 3. The number of aromatic amines is 2. The smallest absolute Gasteiger partial charge is 0.345 e. The molecule has 4 rings (SSSR count). The SMILES string of the molecule is O=C(Nc1ccccc1C(=O)Nc1n[nH]c2sc(C(=O)O)cc12)c1ccc[nH]1. The van der Waals surface area contributed by atoms with Gasteiger partial charge < -0.3 is 20.7 Å². The molecule has 0 saturated heterocycles. The Labute approximate surface area is 161 Å². The van der Waals surface area contributed by atoms with E-state index in [9.17, 15) is 14.4 Å². The molecule has 10 heteroatoms. The Balaban J connectivity index is 1.59. The first-order chi connectivity index (χ1) is 13.5. The van der Waals surface area contributed by atoms with Crippen LogP contribution in [-0.4, -0.2) is 38.1 Å². The number of aromatic carboxylic acids is 1. The zero-order valence-corrected chi connectivity index (χ0v) is 15.0. The number of anilines is 2. The predicted molar refractivity (Wildman–Crippen MR) is 104 cm³/mol. The summed E-state index contributed by atoms with van der Waals surface area (Å²) in [5, 5.41) is 21.7. The molecule has 4 aromatic rings. The van der Waals surface area contributed by atoms with Gasteiger partial charge >= 0.3 is 5.97 Å². The van der Waals surface area contributed by atoms with Gasteiger partial charge in [0.25, 0.3) is 11.8 Å². The van der Waals surface area contributed by atoms with Crippen LogP contribution in [0, 0.1) is 0 Å². The predicted octanol–water partition coefficient (Wildman–Crippen LogP) is 3.16. The number of hydrogen-bond donors (Lipinski definition) is 5. The molecule has 0 unspecified atom stereocenters. The van der Waals surface area contributed by atoms with E-state index in [0.717, 1.165) is 11.3 Å². The van der Waals surface area contributed by atoms with Crippen molar-refractivity contribution in [3.63, 3.8) is 0 Å². The number of para-hydroxylation sites is 1. The molecule has 0 aliphatic carbocycles. The van der Waals surface area contributed by atoms with Gasteiger partial charge in [-0.15, -0.1) is 11.3 Å². The molecule has 9 nitrogen and oxygen atoms in total. The molecule has 0 atom stereocenters. The molecule has 1 aromatic carbocycles. The summed E-state index contributed by atoms with van der Waals surface area (Å²) in [4.78, 5) is 39.6. The van der Waals surface area contributed by atoms with Crippen LogP contribution in [0.3, 0.4) is 0 Å². The zero-order valence-electron chi connectivity index (χ0n) is 14.1. The highest BCUT2D eigenvalue weighted by atomic mass is 32.1. The summed E-state index contributed by atoms with van der Waals surface area (Å²) in [6.07, 6.45) is 1.63. The number of carboxylic acid groups (broad SMARTS) is 1. The largest absolute Gasteiger partial charge is 0.477 e. The van der Waals surface area contributed by atoms with Crippen LogP contribution >= 0.6 is 11.3 Å². The maximum Gasteiger partial charge on any atom is 0.345 e. The van der Waals surface area contributed by atoms with Crippen molar-refractivity contribution in [2.45, 2.75) is 0 Å². The van der Waals surface area contributed by atoms with Gasteiger partial charge in [-0.05, 0) is 30.3 Å². The number of benzene rings is 1. The number of thiophene rings is 1. The van der Waals surface area contributed by atoms with Gasteiger partial charge in [-0.1, -0.05) is 12.1 Å². The van der Waals surface area contributed by atoms with Gasteiger partial charge in [0.15, 0.2) is 5.82 Å². The number of H-pyrrole nitrogens is 2. The Morgan fingerprint density at radius 3 is 2.61 bits per heavy atom. The minimum Gasteiger partial charge on any atom is -0.477 e. The molecule has 0 bridgehead atoms. The average Bonchev–Trinajstić information content (AvgIpc) is 3.40. The van der Waals surface area contributed by atoms with Crippen molar-refractivity contribution in [2.75, 3.05) is 10.6 Å². The number of hydrogen-bond acceptors (Lipinski definition) is 5. The molecule has 0 spiro atoms. The average molecular weight is 395 g/mol. The first kappa shape index (κ1) is 17.5. The molecule has 0 aliphatic rings. The van der Waals surface area contributed by atoms with E-state index in [1.807, 2.05) is 0 Å². The van der Waals surface area contributed by atoms with Gasteiger partial charge in [-0.2, -0.15) is 5.10 Å². The highest BCUT2D eigenvalue weighted by Gasteiger charge is 2.19. The van der Waals surface area contributed by atoms with Crippen LogP contribution in [0.4, 0.5) is 11.5 Å². The number of carbonyl (C=O) groups excluding carboxylic acids is 2. The monoisotopic (exact) mass is 395 g/mol. The first-order valence-electron chi connectivity index (χ1n) is 8.09. The molecular formula is C18H13N5O4S. The molecule has 0 radical (unpaired) electrons. The van der Waals surface area contributed by atoms with E-state index >= 15 is 0 Å². The molecule has 3 heterocycles. The number of carboxylic acids is 1. The van der Waals surface area contributed by atoms with Crippen LogP contribution in [0.5, 0.6) is 0 Å². The molecule has 28 heavy (non-hydrogen) atoms. The van der Waals surface area contributed by atoms with Crippen LogP contribution in [0.2, 0.25) is 0 Å². The second kappa shape index (κ2) is 7.00. The van der Waals surface area contributed by atoms with Crippen molar-refractivity contribution in [3.05, 3.63) is 64.8 Å². The van der Waals surface area contributed by atoms with Crippen molar-refractivity contribution in [3.8, 4) is 0 Å². The summed E-state index contributed by atoms with van der Waals surface area (Å²) in [6.45, 7) is 0. The van der Waals surface area contributed by atoms with Crippen LogP contribution in [0.15, 0.2) is 48.7 Å². The molecule has 0 saturated carbocycles. The van der Waals surface area contributed by atoms with Crippen LogP contribution < -0.4 is 10.6 Å². The minimum absolute atomic E-state index is 0.137. The van der Waals surface area contributed by atoms with E-state index in [4.69, 9.17) is 5.11 Å². The van der Waals surface area contributed by atoms with Gasteiger partial charge in [0.1, 0.15) is 15.4 Å². The molecule has 5 N–H and O–H groups in total. The van der Waals surface area contributed by atoms with Gasteiger partial charge in [-0.25, -0.2) is 4.79 Å². The quantitative estimate of drug-likeness (QED) is 0.353. The van der Waals surface area contributed by atoms with E-state index in [0.29, 0.717) is 21.6 Å². The molecule has 140 valence electrons. The lowest BCUT2D eigenvalue weighted by atomic mass is 10.1. The Morgan fingerprint density at radius 1 is 1.04 bits per heavy atom. The lowest BCUT2D eigenvalue weighted by Crippen LogP contribution is -2.18. The van der Waals surface area contributed by atoms with E-state index in [1.54, 1.807) is 42.6 Å². The summed E-state index contributed by atoms with van der Waals surface area (Å²) >= 11 is 1.03. The summed E-state index contributed by atoms with van der Waals surface area (Å²) < 4.78 is 0. The lowest BCUT2D eigenvalue weighted by Gasteiger charge is -2.10. The summed E-state index contributed by atoms with van der Waals surface area (Å²) in [5.74, 6) is -1.70. The number of nitrogens with zero attached hydrogens (tertiary/aromatic N) is 1. The third-order valence-electron chi connectivity index (χ3n) is 3.96. The van der Waals surface area contributed by atoms with Gasteiger partial charge in [0.05, 0.1) is 16.6 Å². The summed E-state index contributed by atoms with van der Waals surface area (Å²) in [5.41, 5.74) is 0.943. The Bertz CT molecular complexity index is 1190. The Hall–Kier alpha value is -3.92. The standard InChI is InChI=1S/C18H13N5O4S/c24-15(21-14-10-8-13(18(26)27)28-17(10)23-22-14)9-4-1-2-5-11(9)20-16(25)12-6-3-7-19-12/h1-8,19H,(H,20,25)(H,26,27)(H2,21,22,23,24). The fourth-order valence-electron chi connectivity index (χ4n) is 2.64. The van der Waals surface area contributed by atoms with Crippen LogP contribution in [0.1, 0.15) is 30.5 Å². The van der Waals surface area contributed by atoms with Gasteiger partial charge in [0, 0.05) is 6.20 Å². The topological polar surface area (TPSA) is 140 Å². The molecule has 0 aliphatic heterocycles. The van der Waals surface area contributed by atoms with Gasteiger partial charge in [-0.3, -0.25) is 14.7 Å². The van der Waals surface area contributed by atoms with E-state index in [1.165, 1.54) is 6.07 Å². The first-order valence-corrected chi connectivity index (χ1v) is 8.91. The van der Waals surface area contributed by atoms with Crippen LogP contribution in [0.25, 0.3) is 10.2 Å². The van der Waals surface area contributed by atoms with Gasteiger partial charge in [0.2, 0.25) is 0 Å². The second-order valence-corrected chi connectivity index (χ2v) is 6.82. The number of amides is 2. The fraction of sp³-hybridized carbons (Fsp3) is 0. The third-order valence-corrected chi connectivity index (χ3v) is 4.99. The number of rotatable bonds is 5. The highest BCUT2D eigenvalue weighted by molar-refractivity contribution is 7.20. The van der Waals surface area contributed by atoms with Crippen molar-refractivity contribution in [1.82, 2.24) is 15.2 Å². The highest BCUT2D eigenvalue weighted by Crippen LogP contribution is 2.29. The van der Waals surface area contributed by atoms with Crippen LogP contribution in [-0.2, 0) is 0 Å². The van der Waals surface area contributed by atoms with E-state index in [-0.39, 0.29) is 22.2 Å². The molecular weight excluding hydrogens is 382 g/mol. The van der Waals surface area contributed by atoms with Crippen molar-refractivity contribution in [1.29, 1.82) is 0 Å².